The zero-order valence-electron chi connectivity index (χ0n) is 22.5. The Bertz CT molecular complexity index is 1480. The third kappa shape index (κ3) is 5.29. The van der Waals surface area contributed by atoms with Gasteiger partial charge in [-0.1, -0.05) is 74.1 Å². The lowest BCUT2D eigenvalue weighted by atomic mass is 10.0. The number of aromatic nitrogens is 2. The minimum Gasteiger partial charge on any atom is -0.496 e. The fraction of sp³-hybridized carbons (Fsp3) is 0.258. The highest BCUT2D eigenvalue weighted by Gasteiger charge is 2.40. The van der Waals surface area contributed by atoms with E-state index in [1.54, 1.807) is 12.0 Å². The SMILES string of the molecule is COc1ccccc1CNC(=O)C1c2c(C)nn(-c3ccccc3)c2SCC(=O)N1c1ccc(C(C)C)cc1. The van der Waals surface area contributed by atoms with E-state index in [1.165, 1.54) is 17.3 Å². The van der Waals surface area contributed by atoms with Crippen LogP contribution in [-0.4, -0.2) is 34.5 Å². The summed E-state index contributed by atoms with van der Waals surface area (Å²) >= 11 is 1.42. The molecular weight excluding hydrogens is 508 g/mol. The van der Waals surface area contributed by atoms with Crippen LogP contribution in [0.4, 0.5) is 5.69 Å². The minimum absolute atomic E-state index is 0.134. The number of carbonyl (C=O) groups excluding carboxylic acids is 2. The first-order valence-electron chi connectivity index (χ1n) is 13.0. The van der Waals surface area contributed by atoms with Crippen molar-refractivity contribution in [2.45, 2.75) is 44.3 Å². The number of benzene rings is 3. The highest BCUT2D eigenvalue weighted by molar-refractivity contribution is 8.00. The number of anilines is 1. The number of ether oxygens (including phenoxy) is 1. The number of nitrogens with one attached hydrogen (secondary N) is 1. The first-order valence-corrected chi connectivity index (χ1v) is 14.0. The van der Waals surface area contributed by atoms with Gasteiger partial charge in [-0.3, -0.25) is 14.5 Å². The summed E-state index contributed by atoms with van der Waals surface area (Å²) in [6, 6.07) is 24.4. The van der Waals surface area contributed by atoms with Crippen LogP contribution in [0.15, 0.2) is 83.9 Å². The maximum Gasteiger partial charge on any atom is 0.248 e. The molecule has 0 saturated heterocycles. The quantitative estimate of drug-likeness (QED) is 0.320. The van der Waals surface area contributed by atoms with Gasteiger partial charge < -0.3 is 10.1 Å². The van der Waals surface area contributed by atoms with E-state index in [0.717, 1.165) is 21.8 Å². The molecule has 5 rings (SSSR count). The topological polar surface area (TPSA) is 76.5 Å². The molecule has 1 aliphatic heterocycles. The average molecular weight is 541 g/mol. The molecule has 0 saturated carbocycles. The van der Waals surface area contributed by atoms with Crippen molar-refractivity contribution in [3.8, 4) is 11.4 Å². The molecule has 200 valence electrons. The fourth-order valence-electron chi connectivity index (χ4n) is 4.88. The molecule has 7 nitrogen and oxygen atoms in total. The molecule has 1 unspecified atom stereocenters. The molecule has 8 heteroatoms. The monoisotopic (exact) mass is 540 g/mol. The summed E-state index contributed by atoms with van der Waals surface area (Å²) in [6.45, 7) is 6.42. The molecule has 1 aliphatic rings. The molecule has 1 aromatic heterocycles. The van der Waals surface area contributed by atoms with E-state index >= 15 is 0 Å². The summed E-state index contributed by atoms with van der Waals surface area (Å²) in [7, 11) is 1.61. The second-order valence-electron chi connectivity index (χ2n) is 9.78. The van der Waals surface area contributed by atoms with E-state index in [0.29, 0.717) is 23.0 Å². The average Bonchev–Trinajstić information content (AvgIpc) is 3.20. The van der Waals surface area contributed by atoms with Crippen molar-refractivity contribution in [2.24, 2.45) is 0 Å². The number of nitrogens with zero attached hydrogens (tertiary/aromatic N) is 3. The molecule has 4 aromatic rings. The van der Waals surface area contributed by atoms with Gasteiger partial charge in [0.15, 0.2) is 0 Å². The van der Waals surface area contributed by atoms with Crippen LogP contribution in [-0.2, 0) is 16.1 Å². The summed E-state index contributed by atoms with van der Waals surface area (Å²) in [5.41, 5.74) is 5.03. The summed E-state index contributed by atoms with van der Waals surface area (Å²) < 4.78 is 7.32. The highest BCUT2D eigenvalue weighted by atomic mass is 32.2. The zero-order valence-corrected chi connectivity index (χ0v) is 23.4. The molecule has 0 spiro atoms. The van der Waals surface area contributed by atoms with Crippen LogP contribution < -0.4 is 15.0 Å². The third-order valence-corrected chi connectivity index (χ3v) is 7.99. The molecule has 0 radical (unpaired) electrons. The van der Waals surface area contributed by atoms with Crippen molar-refractivity contribution in [2.75, 3.05) is 17.8 Å². The van der Waals surface area contributed by atoms with Crippen LogP contribution in [0.5, 0.6) is 5.75 Å². The van der Waals surface area contributed by atoms with Crippen molar-refractivity contribution in [3.63, 3.8) is 0 Å². The standard InChI is InChI=1S/C31H32N4O3S/c1-20(2)22-14-16-24(17-15-22)34-27(36)19-39-31-28(21(3)33-35(31)25-11-6-5-7-12-25)29(34)30(37)32-18-23-10-8-9-13-26(23)38-4/h5-17,20,29H,18-19H2,1-4H3,(H,32,37). The Morgan fingerprint density at radius 3 is 2.41 bits per heavy atom. The van der Waals surface area contributed by atoms with E-state index in [4.69, 9.17) is 9.84 Å². The van der Waals surface area contributed by atoms with E-state index in [9.17, 15) is 9.59 Å². The highest BCUT2D eigenvalue weighted by Crippen LogP contribution is 2.41. The summed E-state index contributed by atoms with van der Waals surface area (Å²) in [5.74, 6) is 0.826. The molecule has 0 fully saturated rings. The fourth-order valence-corrected chi connectivity index (χ4v) is 5.96. The largest absolute Gasteiger partial charge is 0.496 e. The van der Waals surface area contributed by atoms with Crippen molar-refractivity contribution < 1.29 is 14.3 Å². The first kappa shape index (κ1) is 26.6. The van der Waals surface area contributed by atoms with E-state index in [-0.39, 0.29) is 24.1 Å². The van der Waals surface area contributed by atoms with Crippen LogP contribution in [0.1, 0.15) is 48.2 Å². The Hall–Kier alpha value is -4.04. The molecule has 3 aromatic carbocycles. The number of methoxy groups -OCH3 is 1. The van der Waals surface area contributed by atoms with Gasteiger partial charge in [0, 0.05) is 23.4 Å². The van der Waals surface area contributed by atoms with Gasteiger partial charge in [0.2, 0.25) is 11.8 Å². The Kier molecular flexibility index (Phi) is 7.74. The molecular formula is C31H32N4O3S. The Balaban J connectivity index is 1.60. The zero-order chi connectivity index (χ0) is 27.5. The van der Waals surface area contributed by atoms with Crippen LogP contribution in [0.2, 0.25) is 0 Å². The van der Waals surface area contributed by atoms with Gasteiger partial charge in [0.1, 0.15) is 16.8 Å². The second-order valence-corrected chi connectivity index (χ2v) is 10.7. The molecule has 39 heavy (non-hydrogen) atoms. The van der Waals surface area contributed by atoms with Crippen molar-refractivity contribution in [1.29, 1.82) is 0 Å². The lowest BCUT2D eigenvalue weighted by Gasteiger charge is -2.30. The van der Waals surface area contributed by atoms with Crippen molar-refractivity contribution in [3.05, 3.63) is 101 Å². The Morgan fingerprint density at radius 1 is 1.03 bits per heavy atom. The van der Waals surface area contributed by atoms with Crippen LogP contribution in [0, 0.1) is 6.92 Å². The summed E-state index contributed by atoms with van der Waals surface area (Å²) in [6.07, 6.45) is 0. The normalized spacial score (nSPS) is 15.2. The first-order chi connectivity index (χ1) is 18.9. The number of hydrogen-bond donors (Lipinski definition) is 1. The van der Waals surface area contributed by atoms with Gasteiger partial charge >= 0.3 is 0 Å². The molecule has 2 amide bonds. The predicted molar refractivity (Wildman–Crippen MR) is 155 cm³/mol. The Morgan fingerprint density at radius 2 is 1.72 bits per heavy atom. The summed E-state index contributed by atoms with van der Waals surface area (Å²) in [4.78, 5) is 29.5. The summed E-state index contributed by atoms with van der Waals surface area (Å²) in [5, 5.41) is 8.71. The number of thioether (sulfide) groups is 1. The number of para-hydroxylation sites is 2. The predicted octanol–water partition coefficient (Wildman–Crippen LogP) is 5.81. The lowest BCUT2D eigenvalue weighted by molar-refractivity contribution is -0.126. The molecule has 0 aliphatic carbocycles. The van der Waals surface area contributed by atoms with Gasteiger partial charge in [-0.05, 0) is 48.7 Å². The molecule has 2 heterocycles. The van der Waals surface area contributed by atoms with E-state index < -0.39 is 6.04 Å². The number of rotatable bonds is 7. The smallest absolute Gasteiger partial charge is 0.248 e. The minimum atomic E-state index is -0.889. The molecule has 1 atom stereocenters. The van der Waals surface area contributed by atoms with E-state index in [1.807, 2.05) is 90.5 Å². The maximum absolute atomic E-state index is 14.1. The van der Waals surface area contributed by atoms with E-state index in [2.05, 4.69) is 19.2 Å². The van der Waals surface area contributed by atoms with Crippen LogP contribution in [0.25, 0.3) is 5.69 Å². The molecule has 1 N–H and O–H groups in total. The van der Waals surface area contributed by atoms with Crippen LogP contribution in [0.3, 0.4) is 0 Å². The maximum atomic E-state index is 14.1. The number of amides is 2. The Labute approximate surface area is 233 Å². The van der Waals surface area contributed by atoms with Gasteiger partial charge in [0.25, 0.3) is 0 Å². The van der Waals surface area contributed by atoms with Crippen molar-refractivity contribution in [1.82, 2.24) is 15.1 Å². The van der Waals surface area contributed by atoms with Gasteiger partial charge in [-0.15, -0.1) is 0 Å². The van der Waals surface area contributed by atoms with Gasteiger partial charge in [-0.2, -0.15) is 5.10 Å². The lowest BCUT2D eigenvalue weighted by Crippen LogP contribution is -2.44. The number of carbonyl (C=O) groups is 2. The van der Waals surface area contributed by atoms with Crippen LogP contribution >= 0.6 is 11.8 Å². The van der Waals surface area contributed by atoms with Gasteiger partial charge in [0.05, 0.1) is 24.2 Å². The third-order valence-electron chi connectivity index (χ3n) is 6.93. The number of aryl methyl sites for hydroxylation is 1. The number of fused-ring (bicyclic) bond motifs is 1. The van der Waals surface area contributed by atoms with Gasteiger partial charge in [-0.25, -0.2) is 4.68 Å². The second kappa shape index (κ2) is 11.4. The van der Waals surface area contributed by atoms with Crippen molar-refractivity contribution >= 4 is 29.3 Å². The molecule has 0 bridgehead atoms. The number of hydrogen-bond acceptors (Lipinski definition) is 5.